The number of H-pyrrole nitrogens is 1. The van der Waals surface area contributed by atoms with Crippen molar-refractivity contribution in [1.29, 1.82) is 0 Å². The second-order valence-electron chi connectivity index (χ2n) is 7.39. The fourth-order valence-corrected chi connectivity index (χ4v) is 3.81. The Labute approximate surface area is 159 Å². The lowest BCUT2D eigenvalue weighted by Crippen LogP contribution is -2.32. The van der Waals surface area contributed by atoms with Gasteiger partial charge in [-0.2, -0.15) is 5.10 Å². The van der Waals surface area contributed by atoms with E-state index in [1.807, 2.05) is 59.4 Å². The molecule has 0 saturated carbocycles. The Morgan fingerprint density at radius 3 is 2.85 bits per heavy atom. The first kappa shape index (κ1) is 17.5. The SMILES string of the molecule is CN1CCC(CN(C)C(=O)c2c[nH]cc2-c2cnn(-c3ccccc3)c2)C1. The molecule has 140 valence electrons. The highest BCUT2D eigenvalue weighted by Gasteiger charge is 2.25. The minimum atomic E-state index is 0.0493. The molecule has 0 aliphatic carbocycles. The van der Waals surface area contributed by atoms with E-state index >= 15 is 0 Å². The number of aromatic amines is 1. The summed E-state index contributed by atoms with van der Waals surface area (Å²) in [4.78, 5) is 20.3. The van der Waals surface area contributed by atoms with Crippen molar-refractivity contribution in [3.05, 3.63) is 60.7 Å². The van der Waals surface area contributed by atoms with E-state index in [2.05, 4.69) is 22.0 Å². The number of carbonyl (C=O) groups excluding carboxylic acids is 1. The molecule has 1 unspecified atom stereocenters. The molecule has 1 aliphatic rings. The van der Waals surface area contributed by atoms with Crippen LogP contribution in [-0.4, -0.2) is 64.2 Å². The second-order valence-corrected chi connectivity index (χ2v) is 7.39. The molecule has 3 aromatic rings. The van der Waals surface area contributed by atoms with Crippen LogP contribution in [0.25, 0.3) is 16.8 Å². The second kappa shape index (κ2) is 7.40. The predicted molar refractivity (Wildman–Crippen MR) is 106 cm³/mol. The highest BCUT2D eigenvalue weighted by molar-refractivity contribution is 6.00. The molecule has 0 radical (unpaired) electrons. The van der Waals surface area contributed by atoms with Crippen LogP contribution in [0.15, 0.2) is 55.1 Å². The van der Waals surface area contributed by atoms with Crippen molar-refractivity contribution >= 4 is 5.91 Å². The molecule has 2 aromatic heterocycles. The van der Waals surface area contributed by atoms with Crippen LogP contribution in [0.5, 0.6) is 0 Å². The lowest BCUT2D eigenvalue weighted by atomic mass is 10.1. The number of nitrogens with zero attached hydrogens (tertiary/aromatic N) is 4. The minimum absolute atomic E-state index is 0.0493. The number of benzene rings is 1. The molecule has 0 spiro atoms. The molecule has 1 N–H and O–H groups in total. The molecule has 0 bridgehead atoms. The Bertz CT molecular complexity index is 914. The topological polar surface area (TPSA) is 57.2 Å². The van der Waals surface area contributed by atoms with Crippen molar-refractivity contribution in [2.75, 3.05) is 33.7 Å². The molecular formula is C21H25N5O. The summed E-state index contributed by atoms with van der Waals surface area (Å²) in [6.45, 7) is 2.96. The standard InChI is InChI=1S/C21H25N5O/c1-24-9-8-16(13-24)14-25(2)21(27)20-12-22-11-19(20)17-10-23-26(15-17)18-6-4-3-5-7-18/h3-7,10-12,15-16,22H,8-9,13-14H2,1-2H3. The van der Waals surface area contributed by atoms with E-state index in [1.54, 1.807) is 12.4 Å². The van der Waals surface area contributed by atoms with Crippen LogP contribution in [0.2, 0.25) is 0 Å². The average molecular weight is 363 g/mol. The van der Waals surface area contributed by atoms with Gasteiger partial charge in [0, 0.05) is 49.9 Å². The van der Waals surface area contributed by atoms with Gasteiger partial charge in [0.05, 0.1) is 17.4 Å². The fourth-order valence-electron chi connectivity index (χ4n) is 3.81. The Hall–Kier alpha value is -2.86. The Balaban J connectivity index is 1.52. The molecule has 1 fully saturated rings. The summed E-state index contributed by atoms with van der Waals surface area (Å²) in [5.74, 6) is 0.598. The first-order valence-corrected chi connectivity index (χ1v) is 9.33. The van der Waals surface area contributed by atoms with E-state index in [1.165, 1.54) is 0 Å². The molecule has 1 saturated heterocycles. The van der Waals surface area contributed by atoms with Crippen molar-refractivity contribution in [2.45, 2.75) is 6.42 Å². The van der Waals surface area contributed by atoms with E-state index < -0.39 is 0 Å². The van der Waals surface area contributed by atoms with Gasteiger partial charge in [-0.15, -0.1) is 0 Å². The van der Waals surface area contributed by atoms with Gasteiger partial charge in [0.25, 0.3) is 5.91 Å². The van der Waals surface area contributed by atoms with Crippen LogP contribution in [0, 0.1) is 5.92 Å². The van der Waals surface area contributed by atoms with Gasteiger partial charge in [-0.1, -0.05) is 18.2 Å². The zero-order valence-corrected chi connectivity index (χ0v) is 15.8. The van der Waals surface area contributed by atoms with Gasteiger partial charge in [0.15, 0.2) is 0 Å². The van der Waals surface area contributed by atoms with Crippen LogP contribution < -0.4 is 0 Å². The first-order valence-electron chi connectivity index (χ1n) is 9.33. The van der Waals surface area contributed by atoms with Crippen molar-refractivity contribution in [3.63, 3.8) is 0 Å². The Morgan fingerprint density at radius 1 is 1.30 bits per heavy atom. The summed E-state index contributed by atoms with van der Waals surface area (Å²) in [5.41, 5.74) is 3.50. The van der Waals surface area contributed by atoms with Crippen molar-refractivity contribution in [2.24, 2.45) is 5.92 Å². The van der Waals surface area contributed by atoms with Crippen LogP contribution >= 0.6 is 0 Å². The summed E-state index contributed by atoms with van der Waals surface area (Å²) in [7, 11) is 4.03. The Kier molecular flexibility index (Phi) is 4.81. The summed E-state index contributed by atoms with van der Waals surface area (Å²) in [5, 5.41) is 4.45. The molecular weight excluding hydrogens is 338 g/mol. The normalized spacial score (nSPS) is 17.3. The number of carbonyl (C=O) groups is 1. The maximum atomic E-state index is 13.0. The molecule has 6 nitrogen and oxygen atoms in total. The zero-order valence-electron chi connectivity index (χ0n) is 15.8. The molecule has 1 aliphatic heterocycles. The van der Waals surface area contributed by atoms with E-state index in [0.29, 0.717) is 11.5 Å². The molecule has 3 heterocycles. The number of likely N-dealkylation sites (tertiary alicyclic amines) is 1. The van der Waals surface area contributed by atoms with E-state index in [9.17, 15) is 4.79 Å². The van der Waals surface area contributed by atoms with Gasteiger partial charge in [-0.05, 0) is 38.1 Å². The van der Waals surface area contributed by atoms with Gasteiger partial charge in [0.1, 0.15) is 0 Å². The van der Waals surface area contributed by atoms with Gasteiger partial charge in [-0.3, -0.25) is 4.79 Å². The lowest BCUT2D eigenvalue weighted by molar-refractivity contribution is 0.0775. The van der Waals surface area contributed by atoms with Gasteiger partial charge >= 0.3 is 0 Å². The number of nitrogens with one attached hydrogen (secondary N) is 1. The summed E-state index contributed by atoms with van der Waals surface area (Å²) in [6, 6.07) is 9.96. The molecule has 1 amide bonds. The van der Waals surface area contributed by atoms with Crippen molar-refractivity contribution in [3.8, 4) is 16.8 Å². The van der Waals surface area contributed by atoms with E-state index in [4.69, 9.17) is 0 Å². The maximum Gasteiger partial charge on any atom is 0.255 e. The number of aromatic nitrogens is 3. The van der Waals surface area contributed by atoms with Crippen LogP contribution in [0.3, 0.4) is 0 Å². The third-order valence-corrected chi connectivity index (χ3v) is 5.26. The summed E-state index contributed by atoms with van der Waals surface area (Å²) in [6.07, 6.45) is 8.57. The molecule has 27 heavy (non-hydrogen) atoms. The summed E-state index contributed by atoms with van der Waals surface area (Å²) >= 11 is 0. The monoisotopic (exact) mass is 363 g/mol. The van der Waals surface area contributed by atoms with Gasteiger partial charge in [-0.25, -0.2) is 4.68 Å². The maximum absolute atomic E-state index is 13.0. The first-order chi connectivity index (χ1) is 13.1. The van der Waals surface area contributed by atoms with E-state index in [0.717, 1.165) is 42.9 Å². The third-order valence-electron chi connectivity index (χ3n) is 5.26. The zero-order chi connectivity index (χ0) is 18.8. The molecule has 4 rings (SSSR count). The average Bonchev–Trinajstić information content (AvgIpc) is 3.42. The fraction of sp³-hybridized carbons (Fsp3) is 0.333. The lowest BCUT2D eigenvalue weighted by Gasteiger charge is -2.21. The molecule has 1 atom stereocenters. The minimum Gasteiger partial charge on any atom is -0.366 e. The van der Waals surface area contributed by atoms with E-state index in [-0.39, 0.29) is 5.91 Å². The van der Waals surface area contributed by atoms with Crippen molar-refractivity contribution in [1.82, 2.24) is 24.6 Å². The Morgan fingerprint density at radius 2 is 2.11 bits per heavy atom. The number of rotatable bonds is 5. The van der Waals surface area contributed by atoms with Gasteiger partial charge in [0.2, 0.25) is 0 Å². The highest BCUT2D eigenvalue weighted by Crippen LogP contribution is 2.26. The number of amides is 1. The molecule has 6 heteroatoms. The van der Waals surface area contributed by atoms with Gasteiger partial charge < -0.3 is 14.8 Å². The quantitative estimate of drug-likeness (QED) is 0.758. The highest BCUT2D eigenvalue weighted by atomic mass is 16.2. The molecule has 1 aromatic carbocycles. The van der Waals surface area contributed by atoms with Crippen LogP contribution in [0.4, 0.5) is 0 Å². The number of para-hydroxylation sites is 1. The summed E-state index contributed by atoms with van der Waals surface area (Å²) < 4.78 is 1.83. The smallest absolute Gasteiger partial charge is 0.255 e. The largest absolute Gasteiger partial charge is 0.366 e. The number of hydrogen-bond donors (Lipinski definition) is 1. The predicted octanol–water partition coefficient (Wildman–Crippen LogP) is 2.89. The van der Waals surface area contributed by atoms with Crippen LogP contribution in [-0.2, 0) is 0 Å². The van der Waals surface area contributed by atoms with Crippen molar-refractivity contribution < 1.29 is 4.79 Å². The van der Waals surface area contributed by atoms with Crippen LogP contribution in [0.1, 0.15) is 16.8 Å². The third kappa shape index (κ3) is 3.66. The number of hydrogen-bond acceptors (Lipinski definition) is 3.